The number of hydrazine groups is 3. The molecule has 0 rings (SSSR count). The number of carbonyl (C=O) groups excluding carboxylic acids is 1. The molecule has 0 aliphatic heterocycles. The highest BCUT2D eigenvalue weighted by Gasteiger charge is 1.82. The van der Waals surface area contributed by atoms with E-state index in [9.17, 15) is 4.79 Å². The van der Waals surface area contributed by atoms with E-state index in [1.54, 1.807) is 0 Å². The van der Waals surface area contributed by atoms with Gasteiger partial charge in [-0.05, 0) is 0 Å². The van der Waals surface area contributed by atoms with E-state index in [0.717, 1.165) is 5.12 Å². The summed E-state index contributed by atoms with van der Waals surface area (Å²) in [4.78, 5) is 9.67. The maximum absolute atomic E-state index is 9.67. The van der Waals surface area contributed by atoms with Crippen molar-refractivity contribution in [2.75, 3.05) is 0 Å². The van der Waals surface area contributed by atoms with Gasteiger partial charge in [0.1, 0.15) is 0 Å². The fourth-order valence-corrected chi connectivity index (χ4v) is 0.147. The van der Waals surface area contributed by atoms with E-state index < -0.39 is 0 Å². The molecule has 0 bridgehead atoms. The summed E-state index contributed by atoms with van der Waals surface area (Å²) in [7, 11) is 0. The Balaban J connectivity index is 3.09. The van der Waals surface area contributed by atoms with E-state index in [1.165, 1.54) is 6.20 Å². The number of rotatable bonds is 4. The molecule has 0 radical (unpaired) electrons. The van der Waals surface area contributed by atoms with Crippen LogP contribution in [0.15, 0.2) is 12.8 Å². The molecule has 0 aromatic rings. The Kier molecular flexibility index (Phi) is 3.55. The van der Waals surface area contributed by atoms with Crippen molar-refractivity contribution in [3.63, 3.8) is 0 Å². The van der Waals surface area contributed by atoms with Gasteiger partial charge in [0, 0.05) is 6.20 Å². The molecular weight excluding hydrogens is 108 g/mol. The van der Waals surface area contributed by atoms with E-state index in [-0.39, 0.29) is 0 Å². The number of hydrogen-bond acceptors (Lipinski definition) is 4. The minimum absolute atomic E-state index is 0.413. The van der Waals surface area contributed by atoms with Gasteiger partial charge in [-0.15, -0.1) is 5.53 Å². The first kappa shape index (κ1) is 6.93. The van der Waals surface area contributed by atoms with Crippen LogP contribution in [0.5, 0.6) is 0 Å². The second-order valence-corrected chi connectivity index (χ2v) is 0.973. The number of nitrogens with zero attached hydrogens (tertiary/aromatic N) is 1. The molecule has 0 aliphatic carbocycles. The molecule has 4 N–H and O–H groups in total. The largest absolute Gasteiger partial charge is 0.311 e. The zero-order valence-electron chi connectivity index (χ0n) is 4.29. The fourth-order valence-electron chi connectivity index (χ4n) is 0.147. The van der Waals surface area contributed by atoms with Crippen molar-refractivity contribution in [1.29, 1.82) is 0 Å². The Labute approximate surface area is 47.1 Å². The molecule has 0 saturated carbocycles. The zero-order chi connectivity index (χ0) is 6.41. The van der Waals surface area contributed by atoms with Crippen LogP contribution in [0, 0.1) is 0 Å². The molecule has 46 valence electrons. The normalized spacial score (nSPS) is 7.62. The van der Waals surface area contributed by atoms with Crippen molar-refractivity contribution < 1.29 is 4.79 Å². The van der Waals surface area contributed by atoms with E-state index >= 15 is 0 Å². The molecule has 0 unspecified atom stereocenters. The number of carbonyl (C=O) groups is 1. The maximum atomic E-state index is 9.67. The van der Waals surface area contributed by atoms with Gasteiger partial charge in [0.05, 0.1) is 0 Å². The zero-order valence-corrected chi connectivity index (χ0v) is 4.29. The number of nitrogens with two attached hydrogens (primary N) is 1. The lowest BCUT2D eigenvalue weighted by Gasteiger charge is -2.09. The van der Waals surface area contributed by atoms with Crippen molar-refractivity contribution in [2.45, 2.75) is 0 Å². The van der Waals surface area contributed by atoms with Gasteiger partial charge in [-0.3, -0.25) is 4.79 Å². The molecule has 0 aromatic heterocycles. The van der Waals surface area contributed by atoms with Crippen LogP contribution in [-0.4, -0.2) is 11.5 Å². The Morgan fingerprint density at radius 2 is 2.38 bits per heavy atom. The maximum Gasteiger partial charge on any atom is 0.240 e. The van der Waals surface area contributed by atoms with Crippen LogP contribution >= 0.6 is 0 Å². The predicted molar refractivity (Wildman–Crippen MR) is 28.6 cm³/mol. The van der Waals surface area contributed by atoms with Gasteiger partial charge in [0.15, 0.2) is 0 Å². The first-order valence-electron chi connectivity index (χ1n) is 1.92. The van der Waals surface area contributed by atoms with Gasteiger partial charge in [-0.2, -0.15) is 5.12 Å². The molecule has 0 heterocycles. The third-order valence-electron chi connectivity index (χ3n) is 0.409. The summed E-state index contributed by atoms with van der Waals surface area (Å²) in [5.74, 6) is 4.90. The van der Waals surface area contributed by atoms with Crippen molar-refractivity contribution >= 4 is 6.41 Å². The molecule has 0 atom stereocenters. The summed E-state index contributed by atoms with van der Waals surface area (Å²) in [5, 5.41) is 0.724. The molecule has 0 aliphatic rings. The van der Waals surface area contributed by atoms with Crippen LogP contribution in [0.4, 0.5) is 0 Å². The van der Waals surface area contributed by atoms with Crippen LogP contribution < -0.4 is 16.8 Å². The molecule has 0 fully saturated rings. The smallest absolute Gasteiger partial charge is 0.240 e. The van der Waals surface area contributed by atoms with Crippen molar-refractivity contribution in [1.82, 2.24) is 16.1 Å². The van der Waals surface area contributed by atoms with Crippen LogP contribution in [0.1, 0.15) is 0 Å². The first-order valence-corrected chi connectivity index (χ1v) is 1.92. The molecule has 0 spiro atoms. The number of hydrogen-bond donors (Lipinski definition) is 3. The lowest BCUT2D eigenvalue weighted by molar-refractivity contribution is -0.121. The monoisotopic (exact) mass is 116 g/mol. The van der Waals surface area contributed by atoms with Gasteiger partial charge in [-0.1, -0.05) is 6.58 Å². The number of amides is 1. The average Bonchev–Trinajstić information content (AvgIpc) is 1.83. The van der Waals surface area contributed by atoms with Crippen molar-refractivity contribution in [3.05, 3.63) is 12.8 Å². The Morgan fingerprint density at radius 3 is 2.75 bits per heavy atom. The van der Waals surface area contributed by atoms with Gasteiger partial charge in [0.2, 0.25) is 6.41 Å². The summed E-state index contributed by atoms with van der Waals surface area (Å²) in [6, 6.07) is 0. The highest BCUT2D eigenvalue weighted by molar-refractivity contribution is 5.44. The molecule has 5 nitrogen and oxygen atoms in total. The highest BCUT2D eigenvalue weighted by Crippen LogP contribution is 1.50. The summed E-state index contributed by atoms with van der Waals surface area (Å²) in [6.07, 6.45) is 1.76. The van der Waals surface area contributed by atoms with Gasteiger partial charge < -0.3 is 5.43 Å². The Bertz CT molecular complexity index is 83.4. The summed E-state index contributed by atoms with van der Waals surface area (Å²) in [6.45, 7) is 3.30. The predicted octanol–water partition coefficient (Wildman–Crippen LogP) is -1.53. The molecular formula is C3H8N4O. The van der Waals surface area contributed by atoms with Gasteiger partial charge >= 0.3 is 0 Å². The lowest BCUT2D eigenvalue weighted by atomic mass is 11.1. The second kappa shape index (κ2) is 4.10. The molecule has 5 heteroatoms. The highest BCUT2D eigenvalue weighted by atomic mass is 16.2. The van der Waals surface area contributed by atoms with Gasteiger partial charge in [-0.25, -0.2) is 5.84 Å². The topological polar surface area (TPSA) is 70.4 Å². The van der Waals surface area contributed by atoms with Gasteiger partial charge in [0.25, 0.3) is 0 Å². The molecule has 8 heavy (non-hydrogen) atoms. The lowest BCUT2D eigenvalue weighted by Crippen LogP contribution is -2.48. The van der Waals surface area contributed by atoms with Crippen LogP contribution in [0.2, 0.25) is 0 Å². The first-order chi connectivity index (χ1) is 3.81. The van der Waals surface area contributed by atoms with Crippen molar-refractivity contribution in [2.24, 2.45) is 5.84 Å². The second-order valence-electron chi connectivity index (χ2n) is 0.973. The van der Waals surface area contributed by atoms with Crippen molar-refractivity contribution in [3.8, 4) is 0 Å². The van der Waals surface area contributed by atoms with E-state index in [0.29, 0.717) is 6.41 Å². The SMILES string of the molecule is C=CNNN(N)C=O. The molecule has 1 amide bonds. The Hall–Kier alpha value is -1.07. The van der Waals surface area contributed by atoms with Crippen LogP contribution in [0.25, 0.3) is 0 Å². The van der Waals surface area contributed by atoms with E-state index in [4.69, 9.17) is 5.84 Å². The minimum atomic E-state index is 0.413. The van der Waals surface area contributed by atoms with E-state index in [2.05, 4.69) is 17.5 Å². The van der Waals surface area contributed by atoms with E-state index in [1.807, 2.05) is 0 Å². The fraction of sp³-hybridized carbons (Fsp3) is 0. The summed E-state index contributed by atoms with van der Waals surface area (Å²) in [5.41, 5.74) is 4.64. The quantitative estimate of drug-likeness (QED) is 0.180. The number of nitrogens with one attached hydrogen (secondary N) is 2. The standard InChI is InChI=1S/C3H8N4O/c1-2-5-6-7(4)3-8/h2-3,5-6H,1,4H2. The summed E-state index contributed by atoms with van der Waals surface area (Å²) < 4.78 is 0. The molecule has 0 saturated heterocycles. The van der Waals surface area contributed by atoms with Crippen LogP contribution in [0.3, 0.4) is 0 Å². The summed E-state index contributed by atoms with van der Waals surface area (Å²) >= 11 is 0. The third kappa shape index (κ3) is 3.13. The van der Waals surface area contributed by atoms with Crippen LogP contribution in [-0.2, 0) is 4.79 Å². The molecule has 0 aromatic carbocycles. The average molecular weight is 116 g/mol. The minimum Gasteiger partial charge on any atom is -0.311 e. The third-order valence-corrected chi connectivity index (χ3v) is 0.409. The Morgan fingerprint density at radius 1 is 1.75 bits per heavy atom.